The Kier molecular flexibility index (Phi) is 5.69. The smallest absolute Gasteiger partial charge is 0.141 e. The minimum Gasteiger partial charge on any atom is -0.353 e. The van der Waals surface area contributed by atoms with Gasteiger partial charge in [-0.1, -0.05) is 32.9 Å². The second-order valence-electron chi connectivity index (χ2n) is 9.48. The first-order valence-corrected chi connectivity index (χ1v) is 12.3. The summed E-state index contributed by atoms with van der Waals surface area (Å²) in [5.74, 6) is 3.03. The Morgan fingerprint density at radius 1 is 1.10 bits per heavy atom. The van der Waals surface area contributed by atoms with Crippen LogP contribution in [-0.2, 0) is 19.4 Å². The zero-order valence-corrected chi connectivity index (χ0v) is 19.5. The molecule has 0 saturated carbocycles. The first-order valence-electron chi connectivity index (χ1n) is 11.5. The monoisotopic (exact) mass is 438 g/mol. The summed E-state index contributed by atoms with van der Waals surface area (Å²) < 4.78 is 13.2. The molecule has 2 aromatic heterocycles. The molecule has 0 radical (unpaired) electrons. The third kappa shape index (κ3) is 4.20. The Balaban J connectivity index is 1.41. The van der Waals surface area contributed by atoms with Crippen molar-refractivity contribution in [2.24, 2.45) is 5.92 Å². The molecule has 1 aliphatic carbocycles. The summed E-state index contributed by atoms with van der Waals surface area (Å²) in [4.78, 5) is 17.7. The van der Waals surface area contributed by atoms with Gasteiger partial charge < -0.3 is 4.90 Å². The predicted molar refractivity (Wildman–Crippen MR) is 127 cm³/mol. The molecule has 31 heavy (non-hydrogen) atoms. The number of aromatic nitrogens is 2. The van der Waals surface area contributed by atoms with Crippen LogP contribution in [0.15, 0.2) is 24.3 Å². The topological polar surface area (TPSA) is 32.3 Å². The van der Waals surface area contributed by atoms with Gasteiger partial charge in [0, 0.05) is 43.5 Å². The summed E-state index contributed by atoms with van der Waals surface area (Å²) in [5, 5.41) is 1.32. The standard InChI is InChI=1S/C25H31FN4S/c1-16(2)23-27-24(22-20-9-4-17(3)14-21(20)31-25(22)28-23)30-12-10-29(11-13-30)15-18-5-7-19(26)8-6-18/h5-8,16-17H,4,9-15H2,1-3H3/t17-/m1/s1. The van der Waals surface area contributed by atoms with Crippen LogP contribution < -0.4 is 4.90 Å². The molecule has 0 unspecified atom stereocenters. The second kappa shape index (κ2) is 8.47. The maximum atomic E-state index is 13.2. The molecular weight excluding hydrogens is 407 g/mol. The number of fused-ring (bicyclic) bond motifs is 3. The van der Waals surface area contributed by atoms with E-state index in [0.29, 0.717) is 5.92 Å². The maximum Gasteiger partial charge on any atom is 0.141 e. The van der Waals surface area contributed by atoms with Crippen molar-refractivity contribution in [3.05, 3.63) is 51.9 Å². The number of anilines is 1. The number of halogens is 1. The minimum atomic E-state index is -0.171. The van der Waals surface area contributed by atoms with Gasteiger partial charge in [-0.2, -0.15) is 0 Å². The van der Waals surface area contributed by atoms with Crippen molar-refractivity contribution < 1.29 is 4.39 Å². The highest BCUT2D eigenvalue weighted by atomic mass is 32.1. The van der Waals surface area contributed by atoms with Gasteiger partial charge in [0.2, 0.25) is 0 Å². The van der Waals surface area contributed by atoms with Crippen LogP contribution in [0.3, 0.4) is 0 Å². The Hall–Kier alpha value is -2.05. The first-order chi connectivity index (χ1) is 15.0. The maximum absolute atomic E-state index is 13.2. The van der Waals surface area contributed by atoms with Crippen LogP contribution in [0, 0.1) is 11.7 Å². The minimum absolute atomic E-state index is 0.171. The van der Waals surface area contributed by atoms with Crippen LogP contribution in [-0.4, -0.2) is 41.0 Å². The molecule has 0 bridgehead atoms. The lowest BCUT2D eigenvalue weighted by Gasteiger charge is -2.36. The third-order valence-electron chi connectivity index (χ3n) is 6.66. The summed E-state index contributed by atoms with van der Waals surface area (Å²) in [5.41, 5.74) is 2.68. The molecule has 3 heterocycles. The largest absolute Gasteiger partial charge is 0.353 e. The van der Waals surface area contributed by atoms with E-state index in [1.54, 1.807) is 12.1 Å². The molecule has 0 amide bonds. The number of benzene rings is 1. The van der Waals surface area contributed by atoms with Gasteiger partial charge in [-0.05, 0) is 48.4 Å². The molecule has 1 fully saturated rings. The Labute approximate surface area is 188 Å². The molecule has 3 aromatic rings. The molecule has 164 valence electrons. The van der Waals surface area contributed by atoms with E-state index in [-0.39, 0.29) is 5.82 Å². The zero-order chi connectivity index (χ0) is 21.5. The van der Waals surface area contributed by atoms with Crippen molar-refractivity contribution in [1.29, 1.82) is 0 Å². The lowest BCUT2D eigenvalue weighted by Crippen LogP contribution is -2.46. The van der Waals surface area contributed by atoms with Crippen molar-refractivity contribution in [3.63, 3.8) is 0 Å². The van der Waals surface area contributed by atoms with Crippen molar-refractivity contribution >= 4 is 27.4 Å². The van der Waals surface area contributed by atoms with Gasteiger partial charge in [0.25, 0.3) is 0 Å². The third-order valence-corrected chi connectivity index (χ3v) is 7.81. The van der Waals surface area contributed by atoms with E-state index in [9.17, 15) is 4.39 Å². The van der Waals surface area contributed by atoms with Crippen molar-refractivity contribution in [3.8, 4) is 0 Å². The predicted octanol–water partition coefficient (Wildman–Crippen LogP) is 5.40. The van der Waals surface area contributed by atoms with Gasteiger partial charge in [0.05, 0.1) is 5.39 Å². The number of nitrogens with zero attached hydrogens (tertiary/aromatic N) is 4. The summed E-state index contributed by atoms with van der Waals surface area (Å²) >= 11 is 1.90. The average molecular weight is 439 g/mol. The molecule has 0 N–H and O–H groups in total. The van der Waals surface area contributed by atoms with Crippen LogP contribution in [0.5, 0.6) is 0 Å². The van der Waals surface area contributed by atoms with Crippen LogP contribution in [0.1, 0.15) is 54.9 Å². The molecule has 2 aliphatic rings. The van der Waals surface area contributed by atoms with E-state index in [1.807, 2.05) is 23.5 Å². The Morgan fingerprint density at radius 3 is 2.55 bits per heavy atom. The van der Waals surface area contributed by atoms with Crippen LogP contribution in [0.2, 0.25) is 0 Å². The fourth-order valence-corrected chi connectivity index (χ4v) is 6.18. The fraction of sp³-hybridized carbons (Fsp3) is 0.520. The quantitative estimate of drug-likeness (QED) is 0.546. The van der Waals surface area contributed by atoms with E-state index < -0.39 is 0 Å². The number of piperazine rings is 1. The molecule has 1 saturated heterocycles. The van der Waals surface area contributed by atoms with Crippen LogP contribution in [0.4, 0.5) is 10.2 Å². The lowest BCUT2D eigenvalue weighted by atomic mass is 9.89. The first kappa shape index (κ1) is 20.8. The van der Waals surface area contributed by atoms with Crippen molar-refractivity contribution in [1.82, 2.24) is 14.9 Å². The van der Waals surface area contributed by atoms with Gasteiger partial charge in [-0.3, -0.25) is 4.90 Å². The van der Waals surface area contributed by atoms with Crippen LogP contribution >= 0.6 is 11.3 Å². The summed E-state index contributed by atoms with van der Waals surface area (Å²) in [6.07, 6.45) is 3.59. The van der Waals surface area contributed by atoms with Gasteiger partial charge >= 0.3 is 0 Å². The average Bonchev–Trinajstić information content (AvgIpc) is 3.12. The molecule has 6 heteroatoms. The van der Waals surface area contributed by atoms with E-state index in [0.717, 1.165) is 56.7 Å². The van der Waals surface area contributed by atoms with E-state index in [1.165, 1.54) is 39.1 Å². The highest BCUT2D eigenvalue weighted by molar-refractivity contribution is 7.19. The SMILES string of the molecule is CC(C)c1nc(N2CCN(Cc3ccc(F)cc3)CC2)c2c3c(sc2n1)C[C@H](C)CC3. The normalized spacial score (nSPS) is 19.9. The van der Waals surface area contributed by atoms with Gasteiger partial charge in [0.1, 0.15) is 22.3 Å². The fourth-order valence-electron chi connectivity index (χ4n) is 4.79. The van der Waals surface area contributed by atoms with E-state index in [4.69, 9.17) is 9.97 Å². The zero-order valence-electron chi connectivity index (χ0n) is 18.7. The molecule has 1 aromatic carbocycles. The Morgan fingerprint density at radius 2 is 1.84 bits per heavy atom. The number of rotatable bonds is 4. The summed E-state index contributed by atoms with van der Waals surface area (Å²) in [6.45, 7) is 11.5. The van der Waals surface area contributed by atoms with Crippen LogP contribution in [0.25, 0.3) is 10.2 Å². The van der Waals surface area contributed by atoms with Gasteiger partial charge in [0.15, 0.2) is 0 Å². The molecule has 1 atom stereocenters. The molecular formula is C25H31FN4S. The molecule has 1 aliphatic heterocycles. The summed E-state index contributed by atoms with van der Waals surface area (Å²) in [6, 6.07) is 6.89. The number of thiophene rings is 1. The second-order valence-corrected chi connectivity index (χ2v) is 10.6. The van der Waals surface area contributed by atoms with Gasteiger partial charge in [-0.15, -0.1) is 11.3 Å². The molecule has 4 nitrogen and oxygen atoms in total. The van der Waals surface area contributed by atoms with Crippen molar-refractivity contribution in [2.45, 2.75) is 52.5 Å². The number of hydrogen-bond donors (Lipinski definition) is 0. The van der Waals surface area contributed by atoms with Crippen molar-refractivity contribution in [2.75, 3.05) is 31.1 Å². The number of aryl methyl sites for hydroxylation is 1. The molecule has 5 rings (SSSR count). The Bertz CT molecular complexity index is 1070. The lowest BCUT2D eigenvalue weighted by molar-refractivity contribution is 0.249. The summed E-state index contributed by atoms with van der Waals surface area (Å²) in [7, 11) is 0. The number of hydrogen-bond acceptors (Lipinski definition) is 5. The highest BCUT2D eigenvalue weighted by Gasteiger charge is 2.28. The van der Waals surface area contributed by atoms with Gasteiger partial charge in [-0.25, -0.2) is 14.4 Å². The highest BCUT2D eigenvalue weighted by Crippen LogP contribution is 2.41. The van der Waals surface area contributed by atoms with E-state index in [2.05, 4.69) is 30.6 Å². The van der Waals surface area contributed by atoms with E-state index >= 15 is 0 Å². The molecule has 0 spiro atoms.